The summed E-state index contributed by atoms with van der Waals surface area (Å²) in [6.07, 6.45) is 1.05. The number of rotatable bonds is 5. The van der Waals surface area contributed by atoms with Crippen molar-refractivity contribution in [3.05, 3.63) is 35.1 Å². The lowest BCUT2D eigenvalue weighted by atomic mass is 9.99. The second-order valence-corrected chi connectivity index (χ2v) is 3.79. The highest BCUT2D eigenvalue weighted by atomic mass is 19.1. The van der Waals surface area contributed by atoms with Crippen LogP contribution >= 0.6 is 0 Å². The summed E-state index contributed by atoms with van der Waals surface area (Å²) in [5, 5.41) is 8.53. The molecule has 3 N–H and O–H groups in total. The van der Waals surface area contributed by atoms with Gasteiger partial charge in [0.05, 0.1) is 0 Å². The van der Waals surface area contributed by atoms with E-state index in [-0.39, 0.29) is 12.2 Å². The van der Waals surface area contributed by atoms with Crippen LogP contribution in [0.3, 0.4) is 0 Å². The summed E-state index contributed by atoms with van der Waals surface area (Å²) >= 11 is 0. The monoisotopic (exact) mass is 225 g/mol. The van der Waals surface area contributed by atoms with Crippen molar-refractivity contribution in [3.63, 3.8) is 0 Å². The molecule has 0 aliphatic heterocycles. The fraction of sp³-hybridized carbons (Fsp3) is 0.417. The first-order chi connectivity index (χ1) is 7.52. The molecule has 0 saturated carbocycles. The van der Waals surface area contributed by atoms with Gasteiger partial charge >= 0.3 is 5.97 Å². The van der Waals surface area contributed by atoms with Gasteiger partial charge in [0.15, 0.2) is 0 Å². The molecule has 0 aliphatic rings. The molecule has 0 spiro atoms. The molecule has 1 rings (SSSR count). The number of carbonyl (C=O) groups is 1. The number of hydrogen-bond acceptors (Lipinski definition) is 2. The third-order valence-corrected chi connectivity index (χ3v) is 2.49. The highest BCUT2D eigenvalue weighted by Crippen LogP contribution is 2.19. The molecule has 4 heteroatoms. The average molecular weight is 225 g/mol. The van der Waals surface area contributed by atoms with Gasteiger partial charge in [0.2, 0.25) is 0 Å². The van der Waals surface area contributed by atoms with E-state index in [9.17, 15) is 9.18 Å². The molecule has 0 fully saturated rings. The van der Waals surface area contributed by atoms with Crippen LogP contribution in [-0.4, -0.2) is 11.1 Å². The summed E-state index contributed by atoms with van der Waals surface area (Å²) in [6, 6.07) is 4.24. The first-order valence-electron chi connectivity index (χ1n) is 5.29. The van der Waals surface area contributed by atoms with E-state index in [0.717, 1.165) is 12.0 Å². The number of nitrogens with two attached hydrogens (primary N) is 1. The van der Waals surface area contributed by atoms with Gasteiger partial charge < -0.3 is 10.8 Å². The summed E-state index contributed by atoms with van der Waals surface area (Å²) in [6.45, 7) is 1.93. The Morgan fingerprint density at radius 2 is 2.19 bits per heavy atom. The maximum atomic E-state index is 13.2. The van der Waals surface area contributed by atoms with Crippen LogP contribution in [0.25, 0.3) is 0 Å². The van der Waals surface area contributed by atoms with Gasteiger partial charge in [-0.3, -0.25) is 4.79 Å². The Labute approximate surface area is 94.1 Å². The summed E-state index contributed by atoms with van der Waals surface area (Å²) in [5.74, 6) is -1.21. The predicted octanol–water partition coefficient (Wildman–Crippen LogP) is 2.25. The molecule has 0 saturated heterocycles. The van der Waals surface area contributed by atoms with E-state index >= 15 is 0 Å². The molecular formula is C12H16FNO2. The highest BCUT2D eigenvalue weighted by Gasteiger charge is 2.10. The number of carboxylic acid groups (broad SMARTS) is 1. The number of halogens is 1. The normalized spacial score (nSPS) is 12.4. The quantitative estimate of drug-likeness (QED) is 0.807. The van der Waals surface area contributed by atoms with Crippen molar-refractivity contribution in [1.29, 1.82) is 0 Å². The van der Waals surface area contributed by atoms with Crippen molar-refractivity contribution in [2.24, 2.45) is 5.73 Å². The zero-order valence-electron chi connectivity index (χ0n) is 9.24. The van der Waals surface area contributed by atoms with Crippen LogP contribution in [0.1, 0.15) is 36.9 Å². The minimum absolute atomic E-state index is 0.000855. The molecule has 1 unspecified atom stereocenters. The summed E-state index contributed by atoms with van der Waals surface area (Å²) in [4.78, 5) is 10.4. The third-order valence-electron chi connectivity index (χ3n) is 2.49. The first kappa shape index (κ1) is 12.6. The average Bonchev–Trinajstić information content (AvgIpc) is 2.24. The van der Waals surface area contributed by atoms with E-state index in [4.69, 9.17) is 10.8 Å². The van der Waals surface area contributed by atoms with E-state index in [1.807, 2.05) is 13.0 Å². The van der Waals surface area contributed by atoms with E-state index < -0.39 is 12.0 Å². The van der Waals surface area contributed by atoms with Crippen molar-refractivity contribution >= 4 is 5.97 Å². The standard InChI is InChI=1S/C12H16FNO2/c1-2-8-5-9(7-10(13)6-8)11(14)3-4-12(15)16/h5-7,11H,2-4,14H2,1H3,(H,15,16). The van der Waals surface area contributed by atoms with Crippen molar-refractivity contribution in [1.82, 2.24) is 0 Å². The molecule has 0 radical (unpaired) electrons. The van der Waals surface area contributed by atoms with Crippen LogP contribution in [0, 0.1) is 5.82 Å². The molecule has 0 heterocycles. The number of aryl methyl sites for hydroxylation is 1. The van der Waals surface area contributed by atoms with E-state index in [0.29, 0.717) is 12.0 Å². The molecule has 0 bridgehead atoms. The largest absolute Gasteiger partial charge is 0.481 e. The Kier molecular flexibility index (Phi) is 4.43. The van der Waals surface area contributed by atoms with Crippen molar-refractivity contribution < 1.29 is 14.3 Å². The maximum Gasteiger partial charge on any atom is 0.303 e. The number of carboxylic acids is 1. The molecule has 0 aromatic heterocycles. The Bertz CT molecular complexity index is 379. The lowest BCUT2D eigenvalue weighted by Gasteiger charge is -2.12. The molecule has 0 amide bonds. The second kappa shape index (κ2) is 5.61. The highest BCUT2D eigenvalue weighted by molar-refractivity contribution is 5.66. The van der Waals surface area contributed by atoms with Crippen LogP contribution in [0.2, 0.25) is 0 Å². The van der Waals surface area contributed by atoms with E-state index in [1.165, 1.54) is 12.1 Å². The smallest absolute Gasteiger partial charge is 0.303 e. The van der Waals surface area contributed by atoms with E-state index in [2.05, 4.69) is 0 Å². The number of benzene rings is 1. The van der Waals surface area contributed by atoms with Gasteiger partial charge in [0.1, 0.15) is 5.82 Å². The minimum Gasteiger partial charge on any atom is -0.481 e. The zero-order valence-corrected chi connectivity index (χ0v) is 9.24. The van der Waals surface area contributed by atoms with Gasteiger partial charge in [-0.1, -0.05) is 13.0 Å². The third kappa shape index (κ3) is 3.62. The lowest BCUT2D eigenvalue weighted by Crippen LogP contribution is -2.13. The Balaban J connectivity index is 2.77. The van der Waals surface area contributed by atoms with Gasteiger partial charge in [-0.05, 0) is 36.1 Å². The summed E-state index contributed by atoms with van der Waals surface area (Å²) in [5.41, 5.74) is 7.35. The first-order valence-corrected chi connectivity index (χ1v) is 5.29. The number of aliphatic carboxylic acids is 1. The summed E-state index contributed by atoms with van der Waals surface area (Å²) < 4.78 is 13.2. The van der Waals surface area contributed by atoms with Gasteiger partial charge in [0, 0.05) is 12.5 Å². The van der Waals surface area contributed by atoms with Gasteiger partial charge in [-0.2, -0.15) is 0 Å². The molecule has 3 nitrogen and oxygen atoms in total. The van der Waals surface area contributed by atoms with Crippen molar-refractivity contribution in [2.45, 2.75) is 32.2 Å². The zero-order chi connectivity index (χ0) is 12.1. The molecule has 0 aliphatic carbocycles. The molecule has 1 aromatic rings. The lowest BCUT2D eigenvalue weighted by molar-refractivity contribution is -0.137. The molecule has 1 atom stereocenters. The Hall–Kier alpha value is -1.42. The number of hydrogen-bond donors (Lipinski definition) is 2. The fourth-order valence-electron chi connectivity index (χ4n) is 1.54. The predicted molar refractivity (Wildman–Crippen MR) is 59.6 cm³/mol. The van der Waals surface area contributed by atoms with Crippen LogP contribution in [0.4, 0.5) is 4.39 Å². The topological polar surface area (TPSA) is 63.3 Å². The molecule has 88 valence electrons. The molecule has 16 heavy (non-hydrogen) atoms. The minimum atomic E-state index is -0.887. The van der Waals surface area contributed by atoms with Gasteiger partial charge in [-0.15, -0.1) is 0 Å². The SMILES string of the molecule is CCc1cc(F)cc(C(N)CCC(=O)O)c1. The van der Waals surface area contributed by atoms with Gasteiger partial charge in [0.25, 0.3) is 0 Å². The van der Waals surface area contributed by atoms with Crippen LogP contribution in [0.15, 0.2) is 18.2 Å². The Morgan fingerprint density at radius 3 is 2.75 bits per heavy atom. The molecular weight excluding hydrogens is 209 g/mol. The van der Waals surface area contributed by atoms with Crippen LogP contribution in [-0.2, 0) is 11.2 Å². The Morgan fingerprint density at radius 1 is 1.50 bits per heavy atom. The second-order valence-electron chi connectivity index (χ2n) is 3.79. The summed E-state index contributed by atoms with van der Waals surface area (Å²) in [7, 11) is 0. The van der Waals surface area contributed by atoms with Crippen molar-refractivity contribution in [2.75, 3.05) is 0 Å². The van der Waals surface area contributed by atoms with Crippen molar-refractivity contribution in [3.8, 4) is 0 Å². The van der Waals surface area contributed by atoms with Crippen LogP contribution < -0.4 is 5.73 Å². The maximum absolute atomic E-state index is 13.2. The van der Waals surface area contributed by atoms with Crippen LogP contribution in [0.5, 0.6) is 0 Å². The molecule has 1 aromatic carbocycles. The van der Waals surface area contributed by atoms with Gasteiger partial charge in [-0.25, -0.2) is 4.39 Å². The van der Waals surface area contributed by atoms with E-state index in [1.54, 1.807) is 0 Å². The fourth-order valence-corrected chi connectivity index (χ4v) is 1.54.